The number of hydrogen-bond acceptors (Lipinski definition) is 6. The molecule has 1 fully saturated rings. The van der Waals surface area contributed by atoms with E-state index in [4.69, 9.17) is 13.9 Å². The molecule has 0 bridgehead atoms. The van der Waals surface area contributed by atoms with Crippen LogP contribution in [-0.2, 0) is 9.53 Å². The molecule has 7 heteroatoms. The van der Waals surface area contributed by atoms with Gasteiger partial charge in [0.1, 0.15) is 5.56 Å². The number of carbonyl (C=O) groups is 2. The van der Waals surface area contributed by atoms with Crippen molar-refractivity contribution in [1.82, 2.24) is 4.90 Å². The first kappa shape index (κ1) is 18.0. The summed E-state index contributed by atoms with van der Waals surface area (Å²) in [5, 5.41) is 0.534. The highest BCUT2D eigenvalue weighted by atomic mass is 16.5. The van der Waals surface area contributed by atoms with Crippen LogP contribution in [0.3, 0.4) is 0 Å². The third-order valence-electron chi connectivity index (χ3n) is 4.63. The Morgan fingerprint density at radius 3 is 2.69 bits per heavy atom. The molecule has 1 aliphatic rings. The monoisotopic (exact) mass is 359 g/mol. The molecule has 1 aliphatic heterocycles. The number of para-hydroxylation sites is 1. The first-order valence-corrected chi connectivity index (χ1v) is 8.55. The molecule has 2 aromatic rings. The van der Waals surface area contributed by atoms with Gasteiger partial charge in [0.25, 0.3) is 5.91 Å². The van der Waals surface area contributed by atoms with Crippen LogP contribution >= 0.6 is 0 Å². The summed E-state index contributed by atoms with van der Waals surface area (Å²) in [5.74, 6) is -0.130. The van der Waals surface area contributed by atoms with Crippen molar-refractivity contribution >= 4 is 22.8 Å². The third-order valence-corrected chi connectivity index (χ3v) is 4.63. The molecule has 26 heavy (non-hydrogen) atoms. The van der Waals surface area contributed by atoms with E-state index < -0.39 is 11.6 Å². The number of esters is 1. The fourth-order valence-corrected chi connectivity index (χ4v) is 2.98. The molecule has 0 unspecified atom stereocenters. The van der Waals surface area contributed by atoms with E-state index in [1.165, 1.54) is 13.2 Å². The number of ether oxygens (including phenoxy) is 2. The van der Waals surface area contributed by atoms with E-state index in [2.05, 4.69) is 6.92 Å². The highest BCUT2D eigenvalue weighted by molar-refractivity contribution is 5.95. The lowest BCUT2D eigenvalue weighted by Crippen LogP contribution is -2.40. The molecule has 1 aromatic carbocycles. The number of hydrogen-bond donors (Lipinski definition) is 0. The summed E-state index contributed by atoms with van der Waals surface area (Å²) in [5.41, 5.74) is -0.813. The molecule has 3 rings (SSSR count). The second-order valence-corrected chi connectivity index (χ2v) is 6.47. The van der Waals surface area contributed by atoms with Crippen LogP contribution in [0.4, 0.5) is 0 Å². The number of carbonyl (C=O) groups excluding carboxylic acids is 2. The van der Waals surface area contributed by atoms with E-state index in [1.54, 1.807) is 23.1 Å². The number of piperidine rings is 1. The fourth-order valence-electron chi connectivity index (χ4n) is 2.98. The predicted octanol–water partition coefficient (Wildman–Crippen LogP) is 2.22. The first-order chi connectivity index (χ1) is 12.5. The molecule has 1 aromatic heterocycles. The van der Waals surface area contributed by atoms with Gasteiger partial charge in [0, 0.05) is 18.5 Å². The molecular weight excluding hydrogens is 338 g/mol. The van der Waals surface area contributed by atoms with Crippen LogP contribution in [0, 0.1) is 5.92 Å². The number of methoxy groups -OCH3 is 1. The quantitative estimate of drug-likeness (QED) is 0.615. The van der Waals surface area contributed by atoms with E-state index >= 15 is 0 Å². The molecule has 2 heterocycles. The van der Waals surface area contributed by atoms with Crippen molar-refractivity contribution in [3.05, 3.63) is 40.2 Å². The molecular formula is C19H21NO6. The molecule has 0 N–H and O–H groups in total. The second-order valence-electron chi connectivity index (χ2n) is 6.47. The van der Waals surface area contributed by atoms with Gasteiger partial charge in [0.15, 0.2) is 17.9 Å². The van der Waals surface area contributed by atoms with Crippen LogP contribution in [0.2, 0.25) is 0 Å². The minimum atomic E-state index is -0.873. The number of nitrogens with zero attached hydrogens (tertiary/aromatic N) is 1. The zero-order valence-corrected chi connectivity index (χ0v) is 14.8. The minimum Gasteiger partial charge on any atom is -0.493 e. The molecule has 1 amide bonds. The Balaban J connectivity index is 1.71. The lowest BCUT2D eigenvalue weighted by Gasteiger charge is -2.30. The Morgan fingerprint density at radius 2 is 2.00 bits per heavy atom. The summed E-state index contributed by atoms with van der Waals surface area (Å²) in [6.45, 7) is 3.09. The van der Waals surface area contributed by atoms with Crippen LogP contribution in [-0.4, -0.2) is 43.6 Å². The Bertz CT molecular complexity index is 879. The van der Waals surface area contributed by atoms with Crippen LogP contribution in [0.5, 0.6) is 5.75 Å². The van der Waals surface area contributed by atoms with Crippen LogP contribution in [0.25, 0.3) is 11.0 Å². The maximum Gasteiger partial charge on any atom is 0.351 e. The van der Waals surface area contributed by atoms with Gasteiger partial charge in [-0.05, 0) is 30.9 Å². The van der Waals surface area contributed by atoms with Crippen molar-refractivity contribution < 1.29 is 23.5 Å². The van der Waals surface area contributed by atoms with Crippen LogP contribution in [0.1, 0.15) is 30.1 Å². The van der Waals surface area contributed by atoms with Gasteiger partial charge in [-0.2, -0.15) is 0 Å². The minimum absolute atomic E-state index is 0.245. The molecule has 138 valence electrons. The second kappa shape index (κ2) is 7.59. The van der Waals surface area contributed by atoms with Gasteiger partial charge in [-0.25, -0.2) is 9.59 Å². The topological polar surface area (TPSA) is 86.0 Å². The van der Waals surface area contributed by atoms with E-state index in [0.29, 0.717) is 30.1 Å². The van der Waals surface area contributed by atoms with E-state index in [-0.39, 0.29) is 23.7 Å². The predicted molar refractivity (Wildman–Crippen MR) is 94.3 cm³/mol. The highest BCUT2D eigenvalue weighted by Gasteiger charge is 2.23. The third kappa shape index (κ3) is 3.71. The average Bonchev–Trinajstić information content (AvgIpc) is 2.65. The van der Waals surface area contributed by atoms with Gasteiger partial charge in [-0.3, -0.25) is 4.79 Å². The van der Waals surface area contributed by atoms with E-state index in [1.807, 2.05) is 0 Å². The van der Waals surface area contributed by atoms with Crippen LogP contribution in [0.15, 0.2) is 33.5 Å². The molecule has 0 aliphatic carbocycles. The lowest BCUT2D eigenvalue weighted by atomic mass is 9.99. The molecule has 7 nitrogen and oxygen atoms in total. The maximum absolute atomic E-state index is 12.2. The summed E-state index contributed by atoms with van der Waals surface area (Å²) >= 11 is 0. The van der Waals surface area contributed by atoms with E-state index in [9.17, 15) is 14.4 Å². The normalized spacial score (nSPS) is 15.1. The number of likely N-dealkylation sites (tertiary alicyclic amines) is 1. The zero-order valence-electron chi connectivity index (χ0n) is 14.8. The van der Waals surface area contributed by atoms with Gasteiger partial charge < -0.3 is 18.8 Å². The number of amides is 1. The Kier molecular flexibility index (Phi) is 5.25. The summed E-state index contributed by atoms with van der Waals surface area (Å²) in [4.78, 5) is 38.2. The summed E-state index contributed by atoms with van der Waals surface area (Å²) in [7, 11) is 1.46. The van der Waals surface area contributed by atoms with Crippen molar-refractivity contribution in [3.8, 4) is 5.75 Å². The molecule has 0 spiro atoms. The fraction of sp³-hybridized carbons (Fsp3) is 0.421. The Morgan fingerprint density at radius 1 is 1.27 bits per heavy atom. The number of benzene rings is 1. The van der Waals surface area contributed by atoms with Crippen molar-refractivity contribution in [1.29, 1.82) is 0 Å². The summed E-state index contributed by atoms with van der Waals surface area (Å²) in [6, 6.07) is 6.45. The van der Waals surface area contributed by atoms with Crippen molar-refractivity contribution in [3.63, 3.8) is 0 Å². The largest absolute Gasteiger partial charge is 0.493 e. The van der Waals surface area contributed by atoms with Crippen molar-refractivity contribution in [2.75, 3.05) is 26.8 Å². The zero-order chi connectivity index (χ0) is 18.7. The molecule has 1 saturated heterocycles. The average molecular weight is 359 g/mol. The number of fused-ring (bicyclic) bond motifs is 1. The van der Waals surface area contributed by atoms with Gasteiger partial charge in [0.05, 0.1) is 7.11 Å². The SMILES string of the molecule is COc1cccc2cc(C(=O)OCC(=O)N3CCC(C)CC3)c(=O)oc12. The lowest BCUT2D eigenvalue weighted by molar-refractivity contribution is -0.135. The number of rotatable bonds is 4. The molecule has 0 atom stereocenters. The van der Waals surface area contributed by atoms with Gasteiger partial charge >= 0.3 is 11.6 Å². The van der Waals surface area contributed by atoms with Gasteiger partial charge in [-0.1, -0.05) is 19.1 Å². The Hall–Kier alpha value is -2.83. The molecule has 0 saturated carbocycles. The maximum atomic E-state index is 12.2. The van der Waals surface area contributed by atoms with Gasteiger partial charge in [-0.15, -0.1) is 0 Å². The van der Waals surface area contributed by atoms with E-state index in [0.717, 1.165) is 12.8 Å². The van der Waals surface area contributed by atoms with Gasteiger partial charge in [0.2, 0.25) is 0 Å². The van der Waals surface area contributed by atoms with Crippen molar-refractivity contribution in [2.24, 2.45) is 5.92 Å². The molecule has 0 radical (unpaired) electrons. The standard InChI is InChI=1S/C19H21NO6/c1-12-6-8-20(9-7-12)16(21)11-25-18(22)14-10-13-4-3-5-15(24-2)17(13)26-19(14)23/h3-5,10,12H,6-9,11H2,1-2H3. The first-order valence-electron chi connectivity index (χ1n) is 8.55. The summed E-state index contributed by atoms with van der Waals surface area (Å²) in [6.07, 6.45) is 1.88. The highest BCUT2D eigenvalue weighted by Crippen LogP contribution is 2.24. The van der Waals surface area contributed by atoms with Crippen LogP contribution < -0.4 is 10.4 Å². The smallest absolute Gasteiger partial charge is 0.351 e. The Labute approximate surface area is 150 Å². The van der Waals surface area contributed by atoms with Crippen molar-refractivity contribution in [2.45, 2.75) is 19.8 Å². The summed E-state index contributed by atoms with van der Waals surface area (Å²) < 4.78 is 15.4.